The number of nitrogens with zero attached hydrogens (tertiary/aromatic N) is 3. The third kappa shape index (κ3) is 4.65. The van der Waals surface area contributed by atoms with E-state index >= 15 is 0 Å². The van der Waals surface area contributed by atoms with E-state index < -0.39 is 18.3 Å². The Morgan fingerprint density at radius 2 is 1.74 bits per heavy atom. The Kier molecular flexibility index (Phi) is 6.59. The van der Waals surface area contributed by atoms with E-state index in [0.717, 1.165) is 11.0 Å². The van der Waals surface area contributed by atoms with Crippen LogP contribution < -0.4 is 10.2 Å². The van der Waals surface area contributed by atoms with E-state index in [0.29, 0.717) is 23.8 Å². The number of hydrogen-bond acceptors (Lipinski definition) is 6. The molecule has 1 fully saturated rings. The van der Waals surface area contributed by atoms with E-state index in [1.807, 2.05) is 59.7 Å². The number of hydrazine groups is 1. The summed E-state index contributed by atoms with van der Waals surface area (Å²) in [6, 6.07) is 5.57. The molecule has 0 radical (unpaired) electrons. The average molecular weight is 379 g/mol. The molecular weight excluding hydrogens is 349 g/mol. The van der Waals surface area contributed by atoms with Crippen molar-refractivity contribution in [3.05, 3.63) is 29.0 Å². The molecule has 0 bridgehead atoms. The SMILES string of the molecule is CCN(CC)/[N+]([O-])=N/OCc1cc(OC)ccc1B1OC(C)(C)C(C)(C)O1. The fraction of sp³-hybridized carbons (Fsp3) is 0.667. The summed E-state index contributed by atoms with van der Waals surface area (Å²) in [6.07, 6.45) is 0. The monoisotopic (exact) mass is 379 g/mol. The van der Waals surface area contributed by atoms with Crippen LogP contribution in [0.1, 0.15) is 47.1 Å². The number of methoxy groups -OCH3 is 1. The summed E-state index contributed by atoms with van der Waals surface area (Å²) in [6.45, 7) is 12.9. The zero-order valence-electron chi connectivity index (χ0n) is 17.3. The van der Waals surface area contributed by atoms with Crippen molar-refractivity contribution in [1.29, 1.82) is 0 Å². The van der Waals surface area contributed by atoms with E-state index in [-0.39, 0.29) is 6.61 Å². The molecule has 0 aromatic heterocycles. The van der Waals surface area contributed by atoms with Gasteiger partial charge in [0, 0.05) is 0 Å². The van der Waals surface area contributed by atoms with Gasteiger partial charge in [-0.1, -0.05) is 6.07 Å². The van der Waals surface area contributed by atoms with Crippen LogP contribution in [-0.4, -0.2) is 48.5 Å². The number of hydrogen-bond donors (Lipinski definition) is 0. The summed E-state index contributed by atoms with van der Waals surface area (Å²) in [5, 5.41) is 17.0. The molecule has 0 unspecified atom stereocenters. The van der Waals surface area contributed by atoms with Crippen molar-refractivity contribution in [3.63, 3.8) is 0 Å². The predicted molar refractivity (Wildman–Crippen MR) is 102 cm³/mol. The predicted octanol–water partition coefficient (Wildman–Crippen LogP) is 2.65. The molecule has 0 saturated carbocycles. The lowest BCUT2D eigenvalue weighted by Crippen LogP contribution is -2.41. The molecule has 0 atom stereocenters. The van der Waals surface area contributed by atoms with E-state index in [4.69, 9.17) is 18.9 Å². The van der Waals surface area contributed by atoms with E-state index in [2.05, 4.69) is 5.28 Å². The van der Waals surface area contributed by atoms with Gasteiger partial charge in [-0.2, -0.15) is 0 Å². The second kappa shape index (κ2) is 8.35. The second-order valence-electron chi connectivity index (χ2n) is 7.40. The summed E-state index contributed by atoms with van der Waals surface area (Å²) >= 11 is 0. The maximum atomic E-state index is 11.9. The zero-order valence-corrected chi connectivity index (χ0v) is 17.3. The lowest BCUT2D eigenvalue weighted by molar-refractivity contribution is -0.710. The Morgan fingerprint density at radius 3 is 2.26 bits per heavy atom. The quantitative estimate of drug-likeness (QED) is 0.299. The van der Waals surface area contributed by atoms with Crippen molar-refractivity contribution in [2.45, 2.75) is 59.4 Å². The Bertz CT molecular complexity index is 661. The van der Waals surface area contributed by atoms with Crippen molar-refractivity contribution in [1.82, 2.24) is 5.01 Å². The molecule has 27 heavy (non-hydrogen) atoms. The van der Waals surface area contributed by atoms with Gasteiger partial charge < -0.3 is 24.1 Å². The van der Waals surface area contributed by atoms with Crippen LogP contribution in [0.5, 0.6) is 5.75 Å². The molecule has 1 aliphatic rings. The summed E-state index contributed by atoms with van der Waals surface area (Å²) in [4.78, 5) is 5.77. The van der Waals surface area contributed by atoms with Gasteiger partial charge in [-0.25, -0.2) is 0 Å². The van der Waals surface area contributed by atoms with Crippen molar-refractivity contribution in [3.8, 4) is 5.75 Å². The van der Waals surface area contributed by atoms with Gasteiger partial charge in [0.05, 0.1) is 36.4 Å². The Balaban J connectivity index is 2.22. The first kappa shape index (κ1) is 21.3. The van der Waals surface area contributed by atoms with Crippen LogP contribution in [0.4, 0.5) is 0 Å². The lowest BCUT2D eigenvalue weighted by Gasteiger charge is -2.32. The number of ether oxygens (including phenoxy) is 1. The van der Waals surface area contributed by atoms with Gasteiger partial charge >= 0.3 is 7.12 Å². The van der Waals surface area contributed by atoms with Crippen LogP contribution in [0.15, 0.2) is 23.5 Å². The van der Waals surface area contributed by atoms with Crippen molar-refractivity contribution in [2.24, 2.45) is 5.28 Å². The van der Waals surface area contributed by atoms with Gasteiger partial charge in [0.25, 0.3) is 0 Å². The maximum Gasteiger partial charge on any atom is 0.495 e. The molecule has 150 valence electrons. The van der Waals surface area contributed by atoms with Crippen LogP contribution in [-0.2, 0) is 20.8 Å². The second-order valence-corrected chi connectivity index (χ2v) is 7.40. The van der Waals surface area contributed by atoms with E-state index in [1.165, 1.54) is 5.01 Å². The topological polar surface area (TPSA) is 78.6 Å². The summed E-state index contributed by atoms with van der Waals surface area (Å²) in [5.41, 5.74) is 0.707. The molecule has 2 rings (SSSR count). The standard InChI is InChI=1S/C18H30BN3O5/c1-8-21(9-2)22(23)20-25-13-14-12-15(24-7)10-11-16(14)19-26-17(3,4)18(5,6)27-19/h10-12H,8-9,13H2,1-7H3/b22-20-. The minimum absolute atomic E-state index is 0.0939. The first-order valence-corrected chi connectivity index (χ1v) is 9.22. The molecule has 8 nitrogen and oxygen atoms in total. The Hall–Kier alpha value is -2.00. The van der Waals surface area contributed by atoms with Crippen molar-refractivity contribution in [2.75, 3.05) is 20.2 Å². The molecule has 1 aromatic rings. The van der Waals surface area contributed by atoms with Crippen LogP contribution >= 0.6 is 0 Å². The minimum Gasteiger partial charge on any atom is -0.569 e. The average Bonchev–Trinajstić information content (AvgIpc) is 2.83. The highest BCUT2D eigenvalue weighted by Crippen LogP contribution is 2.36. The molecule has 1 saturated heterocycles. The largest absolute Gasteiger partial charge is 0.569 e. The van der Waals surface area contributed by atoms with Gasteiger partial charge in [0.15, 0.2) is 0 Å². The summed E-state index contributed by atoms with van der Waals surface area (Å²) < 4.78 is 17.6. The zero-order chi connectivity index (χ0) is 20.2. The van der Waals surface area contributed by atoms with Gasteiger partial charge in [0.2, 0.25) is 5.28 Å². The molecule has 0 N–H and O–H groups in total. The number of rotatable bonds is 8. The minimum atomic E-state index is -0.536. The van der Waals surface area contributed by atoms with Crippen molar-refractivity contribution < 1.29 is 23.9 Å². The van der Waals surface area contributed by atoms with E-state index in [1.54, 1.807) is 7.11 Å². The van der Waals surface area contributed by atoms with Gasteiger partial charge in [-0.15, -0.1) is 5.01 Å². The summed E-state index contributed by atoms with van der Waals surface area (Å²) in [5.74, 6) is 0.677. The van der Waals surface area contributed by atoms with Crippen LogP contribution in [0, 0.1) is 5.21 Å². The first-order chi connectivity index (χ1) is 12.6. The third-order valence-corrected chi connectivity index (χ3v) is 5.18. The van der Waals surface area contributed by atoms with Gasteiger partial charge in [-0.05, 0) is 64.7 Å². The molecule has 0 aliphatic carbocycles. The fourth-order valence-corrected chi connectivity index (χ4v) is 2.70. The van der Waals surface area contributed by atoms with Crippen LogP contribution in [0.3, 0.4) is 0 Å². The molecule has 1 aromatic carbocycles. The highest BCUT2D eigenvalue weighted by Gasteiger charge is 2.52. The van der Waals surface area contributed by atoms with Crippen LogP contribution in [0.25, 0.3) is 0 Å². The molecule has 1 aliphatic heterocycles. The highest BCUT2D eigenvalue weighted by atomic mass is 16.7. The molecule has 0 amide bonds. The number of benzene rings is 1. The molecule has 0 spiro atoms. The third-order valence-electron chi connectivity index (χ3n) is 5.18. The molecular formula is C18H30BN3O5. The van der Waals surface area contributed by atoms with E-state index in [9.17, 15) is 5.21 Å². The van der Waals surface area contributed by atoms with Gasteiger partial charge in [0.1, 0.15) is 12.4 Å². The lowest BCUT2D eigenvalue weighted by atomic mass is 9.76. The van der Waals surface area contributed by atoms with Crippen LogP contribution in [0.2, 0.25) is 0 Å². The normalized spacial score (nSPS) is 18.5. The molecule has 1 heterocycles. The summed E-state index contributed by atoms with van der Waals surface area (Å²) in [7, 11) is 1.06. The highest BCUT2D eigenvalue weighted by molar-refractivity contribution is 6.62. The Labute approximate surface area is 161 Å². The first-order valence-electron chi connectivity index (χ1n) is 9.22. The fourth-order valence-electron chi connectivity index (χ4n) is 2.70. The Morgan fingerprint density at radius 1 is 1.15 bits per heavy atom. The van der Waals surface area contributed by atoms with Crippen molar-refractivity contribution >= 4 is 12.6 Å². The smallest absolute Gasteiger partial charge is 0.495 e. The molecule has 9 heteroatoms. The maximum absolute atomic E-state index is 11.9. The van der Waals surface area contributed by atoms with Gasteiger partial charge in [-0.3, -0.25) is 0 Å².